The fourth-order valence-electron chi connectivity index (χ4n) is 2.39. The number of hydrogen-bond donors (Lipinski definition) is 1. The average Bonchev–Trinajstić information content (AvgIpc) is 2.61. The van der Waals surface area contributed by atoms with Crippen molar-refractivity contribution in [1.82, 2.24) is 0 Å². The van der Waals surface area contributed by atoms with E-state index >= 15 is 0 Å². The molecule has 3 aromatic rings. The Morgan fingerprint density at radius 2 is 1.72 bits per heavy atom. The summed E-state index contributed by atoms with van der Waals surface area (Å²) in [6.45, 7) is 0.0499. The minimum Gasteiger partial charge on any atom is -0.507 e. The predicted octanol–water partition coefficient (Wildman–Crippen LogP) is 4.69. The second-order valence-corrected chi connectivity index (χ2v) is 5.42. The van der Waals surface area contributed by atoms with Gasteiger partial charge in [0.05, 0.1) is 0 Å². The average molecular weight is 340 g/mol. The summed E-state index contributed by atoms with van der Waals surface area (Å²) in [5.41, 5.74) is 1.17. The SMILES string of the molecule is O=C(OCc1ccccc1)c1cc(-c2ccc(F)cc2F)ccc1O. The zero-order chi connectivity index (χ0) is 17.8. The van der Waals surface area contributed by atoms with E-state index in [-0.39, 0.29) is 23.5 Å². The molecule has 0 aliphatic carbocycles. The van der Waals surface area contributed by atoms with Crippen molar-refractivity contribution in [2.45, 2.75) is 6.61 Å². The molecule has 0 aliphatic heterocycles. The minimum atomic E-state index is -0.755. The zero-order valence-corrected chi connectivity index (χ0v) is 13.1. The van der Waals surface area contributed by atoms with E-state index in [4.69, 9.17) is 4.74 Å². The molecule has 0 unspecified atom stereocenters. The minimum absolute atomic E-state index is 0.0499. The molecule has 0 amide bonds. The Balaban J connectivity index is 1.85. The summed E-state index contributed by atoms with van der Waals surface area (Å²) in [6, 6.07) is 16.3. The van der Waals surface area contributed by atoms with Gasteiger partial charge in [0.15, 0.2) is 0 Å². The van der Waals surface area contributed by atoms with Crippen LogP contribution in [0.1, 0.15) is 15.9 Å². The Bertz CT molecular complexity index is 908. The number of carbonyl (C=O) groups excluding carboxylic acids is 1. The largest absolute Gasteiger partial charge is 0.507 e. The molecule has 0 bridgehead atoms. The van der Waals surface area contributed by atoms with Gasteiger partial charge < -0.3 is 9.84 Å². The Morgan fingerprint density at radius 3 is 2.44 bits per heavy atom. The van der Waals surface area contributed by atoms with Crippen molar-refractivity contribution in [2.24, 2.45) is 0 Å². The molecule has 1 N–H and O–H groups in total. The van der Waals surface area contributed by atoms with Crippen LogP contribution in [0.3, 0.4) is 0 Å². The third-order valence-corrected chi connectivity index (χ3v) is 3.67. The number of hydrogen-bond acceptors (Lipinski definition) is 3. The number of ether oxygens (including phenoxy) is 1. The summed E-state index contributed by atoms with van der Waals surface area (Å²) >= 11 is 0. The van der Waals surface area contributed by atoms with E-state index in [9.17, 15) is 18.7 Å². The highest BCUT2D eigenvalue weighted by molar-refractivity contribution is 5.94. The van der Waals surface area contributed by atoms with Crippen molar-refractivity contribution in [2.75, 3.05) is 0 Å². The van der Waals surface area contributed by atoms with E-state index in [1.54, 1.807) is 12.1 Å². The number of phenols is 1. The number of esters is 1. The molecule has 0 saturated heterocycles. The molecule has 126 valence electrons. The third kappa shape index (κ3) is 3.83. The molecule has 0 saturated carbocycles. The lowest BCUT2D eigenvalue weighted by Crippen LogP contribution is -2.06. The quantitative estimate of drug-likeness (QED) is 0.701. The lowest BCUT2D eigenvalue weighted by molar-refractivity contribution is 0.0469. The highest BCUT2D eigenvalue weighted by atomic mass is 19.1. The summed E-state index contributed by atoms with van der Waals surface area (Å²) in [7, 11) is 0. The normalized spacial score (nSPS) is 10.5. The molecule has 5 heteroatoms. The molecule has 0 fully saturated rings. The van der Waals surface area contributed by atoms with Crippen molar-refractivity contribution in [1.29, 1.82) is 0 Å². The molecule has 3 nitrogen and oxygen atoms in total. The Labute approximate surface area is 143 Å². The highest BCUT2D eigenvalue weighted by Gasteiger charge is 2.16. The first-order valence-corrected chi connectivity index (χ1v) is 7.54. The van der Waals surface area contributed by atoms with Crippen LogP contribution in [0.15, 0.2) is 66.7 Å². The fourth-order valence-corrected chi connectivity index (χ4v) is 2.39. The first-order chi connectivity index (χ1) is 12.0. The van der Waals surface area contributed by atoms with Crippen LogP contribution in [-0.2, 0) is 11.3 Å². The molecule has 3 aromatic carbocycles. The topological polar surface area (TPSA) is 46.5 Å². The molecule has 3 rings (SSSR count). The van der Waals surface area contributed by atoms with Crippen molar-refractivity contribution < 1.29 is 23.4 Å². The maximum Gasteiger partial charge on any atom is 0.342 e. The van der Waals surface area contributed by atoms with Gasteiger partial charge in [-0.05, 0) is 35.4 Å². The van der Waals surface area contributed by atoms with E-state index in [1.165, 1.54) is 24.3 Å². The van der Waals surface area contributed by atoms with E-state index < -0.39 is 17.6 Å². The van der Waals surface area contributed by atoms with Gasteiger partial charge in [-0.15, -0.1) is 0 Å². The predicted molar refractivity (Wildman–Crippen MR) is 89.0 cm³/mol. The lowest BCUT2D eigenvalue weighted by Gasteiger charge is -2.09. The van der Waals surface area contributed by atoms with Gasteiger partial charge in [-0.3, -0.25) is 0 Å². The van der Waals surface area contributed by atoms with Gasteiger partial charge in [-0.1, -0.05) is 36.4 Å². The molecule has 0 aliphatic rings. The van der Waals surface area contributed by atoms with Crippen LogP contribution in [0.5, 0.6) is 5.75 Å². The molecule has 0 heterocycles. The van der Waals surface area contributed by atoms with Crippen LogP contribution in [0.4, 0.5) is 8.78 Å². The molecule has 0 spiro atoms. The molecular formula is C20H14F2O3. The number of aromatic hydroxyl groups is 1. The Hall–Kier alpha value is -3.21. The van der Waals surface area contributed by atoms with Crippen LogP contribution in [-0.4, -0.2) is 11.1 Å². The Kier molecular flexibility index (Phi) is 4.75. The fraction of sp³-hybridized carbons (Fsp3) is 0.0500. The van der Waals surface area contributed by atoms with E-state index in [0.717, 1.165) is 17.7 Å². The van der Waals surface area contributed by atoms with Gasteiger partial charge in [-0.25, -0.2) is 13.6 Å². The standard InChI is InChI=1S/C20H14F2O3/c21-15-7-8-16(18(22)11-15)14-6-9-19(23)17(10-14)20(24)25-12-13-4-2-1-3-5-13/h1-11,23H,12H2. The lowest BCUT2D eigenvalue weighted by atomic mass is 10.0. The van der Waals surface area contributed by atoms with Crippen LogP contribution in [0.25, 0.3) is 11.1 Å². The van der Waals surface area contributed by atoms with Crippen LogP contribution in [0.2, 0.25) is 0 Å². The smallest absolute Gasteiger partial charge is 0.342 e. The summed E-state index contributed by atoms with van der Waals surface area (Å²) in [4.78, 5) is 12.2. The van der Waals surface area contributed by atoms with Crippen LogP contribution < -0.4 is 0 Å². The van der Waals surface area contributed by atoms with Crippen LogP contribution >= 0.6 is 0 Å². The summed E-state index contributed by atoms with van der Waals surface area (Å²) in [5.74, 6) is -2.45. The zero-order valence-electron chi connectivity index (χ0n) is 13.1. The van der Waals surface area contributed by atoms with E-state index in [2.05, 4.69) is 0 Å². The van der Waals surface area contributed by atoms with Gasteiger partial charge >= 0.3 is 5.97 Å². The first-order valence-electron chi connectivity index (χ1n) is 7.54. The monoisotopic (exact) mass is 340 g/mol. The molecule has 0 aromatic heterocycles. The van der Waals surface area contributed by atoms with Gasteiger partial charge in [0.25, 0.3) is 0 Å². The van der Waals surface area contributed by atoms with Crippen molar-refractivity contribution >= 4 is 5.97 Å². The molecule has 25 heavy (non-hydrogen) atoms. The Morgan fingerprint density at radius 1 is 0.960 bits per heavy atom. The van der Waals surface area contributed by atoms with Gasteiger partial charge in [0.2, 0.25) is 0 Å². The maximum atomic E-state index is 13.9. The number of carbonyl (C=O) groups is 1. The molecule has 0 atom stereocenters. The van der Waals surface area contributed by atoms with Crippen molar-refractivity contribution in [3.63, 3.8) is 0 Å². The second kappa shape index (κ2) is 7.13. The number of rotatable bonds is 4. The van der Waals surface area contributed by atoms with Gasteiger partial charge in [0, 0.05) is 11.6 Å². The maximum absolute atomic E-state index is 13.9. The van der Waals surface area contributed by atoms with E-state index in [1.807, 2.05) is 18.2 Å². The first kappa shape index (κ1) is 16.6. The van der Waals surface area contributed by atoms with Gasteiger partial charge in [0.1, 0.15) is 29.6 Å². The number of halogens is 2. The summed E-state index contributed by atoms with van der Waals surface area (Å²) in [5, 5.41) is 9.91. The van der Waals surface area contributed by atoms with Crippen molar-refractivity contribution in [3.8, 4) is 16.9 Å². The molecular weight excluding hydrogens is 326 g/mol. The summed E-state index contributed by atoms with van der Waals surface area (Å²) < 4.78 is 32.1. The third-order valence-electron chi connectivity index (χ3n) is 3.67. The van der Waals surface area contributed by atoms with Crippen molar-refractivity contribution in [3.05, 3.63) is 89.5 Å². The van der Waals surface area contributed by atoms with Gasteiger partial charge in [-0.2, -0.15) is 0 Å². The second-order valence-electron chi connectivity index (χ2n) is 5.42. The number of benzene rings is 3. The number of phenolic OH excluding ortho intramolecular Hbond substituents is 1. The highest BCUT2D eigenvalue weighted by Crippen LogP contribution is 2.29. The molecule has 0 radical (unpaired) electrons. The van der Waals surface area contributed by atoms with E-state index in [0.29, 0.717) is 5.56 Å². The van der Waals surface area contributed by atoms with Crippen LogP contribution in [0, 0.1) is 11.6 Å². The summed E-state index contributed by atoms with van der Waals surface area (Å²) in [6.07, 6.45) is 0.